The van der Waals surface area contributed by atoms with Gasteiger partial charge in [-0.15, -0.1) is 11.6 Å². The van der Waals surface area contributed by atoms with E-state index in [1.165, 1.54) is 0 Å². The fourth-order valence-corrected chi connectivity index (χ4v) is 3.22. The fourth-order valence-electron chi connectivity index (χ4n) is 3.10. The fraction of sp³-hybridized carbons (Fsp3) is 0.316. The first kappa shape index (κ1) is 15.1. The predicted molar refractivity (Wildman–Crippen MR) is 88.1 cm³/mol. The van der Waals surface area contributed by atoms with Crippen LogP contribution in [0.25, 0.3) is 0 Å². The van der Waals surface area contributed by atoms with Crippen LogP contribution in [-0.4, -0.2) is 16.9 Å². The summed E-state index contributed by atoms with van der Waals surface area (Å²) >= 11 is 6.43. The number of hydrogen-bond acceptors (Lipinski definition) is 2. The van der Waals surface area contributed by atoms with Crippen molar-refractivity contribution in [2.24, 2.45) is 0 Å². The lowest BCUT2D eigenvalue weighted by Crippen LogP contribution is -2.34. The minimum atomic E-state index is -0.778. The smallest absolute Gasteiger partial charge is 0.321 e. The molecule has 0 saturated carbocycles. The van der Waals surface area contributed by atoms with Gasteiger partial charge in [0.05, 0.1) is 4.87 Å². The lowest BCUT2D eigenvalue weighted by Gasteiger charge is -2.27. The molecule has 0 radical (unpaired) electrons. The van der Waals surface area contributed by atoms with E-state index in [0.29, 0.717) is 6.42 Å². The van der Waals surface area contributed by atoms with Gasteiger partial charge in [-0.25, -0.2) is 0 Å². The van der Waals surface area contributed by atoms with E-state index >= 15 is 0 Å². The number of hydrogen-bond donors (Lipinski definition) is 0. The molecule has 1 fully saturated rings. The van der Waals surface area contributed by atoms with Crippen LogP contribution in [0.1, 0.15) is 31.4 Å². The summed E-state index contributed by atoms with van der Waals surface area (Å²) in [5, 5.41) is 0. The van der Waals surface area contributed by atoms with Crippen molar-refractivity contribution in [3.63, 3.8) is 0 Å². The summed E-state index contributed by atoms with van der Waals surface area (Å²) in [6.45, 7) is 3.77. The highest BCUT2D eigenvalue weighted by Gasteiger charge is 2.54. The molecule has 2 aromatic carbocycles. The van der Waals surface area contributed by atoms with Crippen LogP contribution in [0, 0.1) is 0 Å². The Morgan fingerprint density at radius 2 is 1.45 bits per heavy atom. The van der Waals surface area contributed by atoms with E-state index in [1.54, 1.807) is 0 Å². The highest BCUT2D eigenvalue weighted by atomic mass is 35.5. The number of cyclic esters (lactones) is 1. The first-order valence-electron chi connectivity index (χ1n) is 7.45. The van der Waals surface area contributed by atoms with E-state index in [4.69, 9.17) is 16.3 Å². The standard InChI is InChI=1S/C19H19ClO2/c1-18(2,20)16-13-19(17(21)22-16,14-9-5-3-6-10-14)15-11-7-4-8-12-15/h3-12,16H,13H2,1-2H3/t16-/m0/s1. The van der Waals surface area contributed by atoms with Crippen LogP contribution in [0.2, 0.25) is 0 Å². The van der Waals surface area contributed by atoms with E-state index < -0.39 is 10.3 Å². The van der Waals surface area contributed by atoms with Crippen molar-refractivity contribution in [2.45, 2.75) is 36.7 Å². The first-order chi connectivity index (χ1) is 10.4. The molecular weight excluding hydrogens is 296 g/mol. The normalized spacial score (nSPS) is 20.7. The number of benzene rings is 2. The van der Waals surface area contributed by atoms with Crippen molar-refractivity contribution in [3.8, 4) is 0 Å². The Morgan fingerprint density at radius 1 is 1.00 bits per heavy atom. The van der Waals surface area contributed by atoms with Crippen molar-refractivity contribution in [3.05, 3.63) is 71.8 Å². The molecule has 3 rings (SSSR count). The van der Waals surface area contributed by atoms with Gasteiger partial charge in [0.1, 0.15) is 11.5 Å². The van der Waals surface area contributed by atoms with Gasteiger partial charge < -0.3 is 4.74 Å². The largest absolute Gasteiger partial charge is 0.460 e. The second kappa shape index (κ2) is 5.44. The Balaban J connectivity index is 2.16. The Morgan fingerprint density at radius 3 is 1.82 bits per heavy atom. The molecule has 0 aromatic heterocycles. The molecule has 1 aliphatic rings. The molecule has 0 N–H and O–H groups in total. The summed E-state index contributed by atoms with van der Waals surface area (Å²) in [5.74, 6) is -0.219. The predicted octanol–water partition coefficient (Wildman–Crippen LogP) is 4.31. The van der Waals surface area contributed by atoms with Crippen molar-refractivity contribution < 1.29 is 9.53 Å². The molecule has 1 aliphatic heterocycles. The Labute approximate surface area is 136 Å². The van der Waals surface area contributed by atoms with Crippen molar-refractivity contribution >= 4 is 17.6 Å². The molecular formula is C19H19ClO2. The third kappa shape index (κ3) is 2.42. The summed E-state index contributed by atoms with van der Waals surface area (Å²) in [5.41, 5.74) is 1.13. The summed E-state index contributed by atoms with van der Waals surface area (Å²) in [6, 6.07) is 19.6. The summed E-state index contributed by atoms with van der Waals surface area (Å²) in [7, 11) is 0. The van der Waals surface area contributed by atoms with Gasteiger partial charge in [0.15, 0.2) is 0 Å². The monoisotopic (exact) mass is 314 g/mol. The number of ether oxygens (including phenoxy) is 1. The molecule has 1 saturated heterocycles. The van der Waals surface area contributed by atoms with Gasteiger partial charge >= 0.3 is 5.97 Å². The topological polar surface area (TPSA) is 26.3 Å². The van der Waals surface area contributed by atoms with Gasteiger partial charge in [-0.2, -0.15) is 0 Å². The zero-order valence-electron chi connectivity index (χ0n) is 12.8. The van der Waals surface area contributed by atoms with E-state index in [2.05, 4.69) is 0 Å². The van der Waals surface area contributed by atoms with Crippen LogP contribution < -0.4 is 0 Å². The number of halogens is 1. The number of carbonyl (C=O) groups is 1. The second-order valence-corrected chi connectivity index (χ2v) is 7.27. The molecule has 1 atom stereocenters. The molecule has 114 valence electrons. The van der Waals surface area contributed by atoms with E-state index in [1.807, 2.05) is 74.5 Å². The van der Waals surface area contributed by atoms with Crippen LogP contribution in [0.4, 0.5) is 0 Å². The Kier molecular flexibility index (Phi) is 3.73. The van der Waals surface area contributed by atoms with E-state index in [-0.39, 0.29) is 12.1 Å². The minimum absolute atomic E-state index is 0.219. The van der Waals surface area contributed by atoms with Gasteiger partial charge in [0.2, 0.25) is 0 Å². The summed E-state index contributed by atoms with van der Waals surface area (Å²) in [4.78, 5) is 12.3. The van der Waals surface area contributed by atoms with Gasteiger partial charge in [-0.1, -0.05) is 60.7 Å². The quantitative estimate of drug-likeness (QED) is 0.623. The third-order valence-corrected chi connectivity index (χ3v) is 4.63. The van der Waals surface area contributed by atoms with Gasteiger partial charge in [-0.05, 0) is 25.0 Å². The minimum Gasteiger partial charge on any atom is -0.460 e. The maximum absolute atomic E-state index is 12.9. The van der Waals surface area contributed by atoms with Gasteiger partial charge in [0, 0.05) is 6.42 Å². The molecule has 3 heteroatoms. The zero-order chi connectivity index (χ0) is 15.8. The Hall–Kier alpha value is -1.80. The molecule has 2 nitrogen and oxygen atoms in total. The van der Waals surface area contributed by atoms with Gasteiger partial charge in [0.25, 0.3) is 0 Å². The molecule has 0 spiro atoms. The number of carbonyl (C=O) groups excluding carboxylic acids is 1. The molecule has 1 heterocycles. The van der Waals surface area contributed by atoms with Crippen LogP contribution in [-0.2, 0) is 14.9 Å². The van der Waals surface area contributed by atoms with Crippen molar-refractivity contribution in [1.29, 1.82) is 0 Å². The number of rotatable bonds is 3. The zero-order valence-corrected chi connectivity index (χ0v) is 13.5. The van der Waals surface area contributed by atoms with Crippen LogP contribution in [0.15, 0.2) is 60.7 Å². The first-order valence-corrected chi connectivity index (χ1v) is 7.83. The average molecular weight is 315 g/mol. The molecule has 0 bridgehead atoms. The molecule has 22 heavy (non-hydrogen) atoms. The third-order valence-electron chi connectivity index (χ3n) is 4.39. The van der Waals surface area contributed by atoms with E-state index in [0.717, 1.165) is 11.1 Å². The molecule has 0 aliphatic carbocycles. The van der Waals surface area contributed by atoms with Crippen LogP contribution in [0.5, 0.6) is 0 Å². The summed E-state index contributed by atoms with van der Waals surface area (Å²) in [6.07, 6.45) is 0.234. The van der Waals surface area contributed by atoms with E-state index in [9.17, 15) is 4.79 Å². The second-order valence-electron chi connectivity index (χ2n) is 6.30. The molecule has 0 unspecified atom stereocenters. The van der Waals surface area contributed by atoms with Crippen molar-refractivity contribution in [1.82, 2.24) is 0 Å². The Bertz CT molecular complexity index is 619. The summed E-state index contributed by atoms with van der Waals surface area (Å²) < 4.78 is 5.68. The SMILES string of the molecule is CC(C)(Cl)[C@@H]1CC(c2ccccc2)(c2ccccc2)C(=O)O1. The lowest BCUT2D eigenvalue weighted by molar-refractivity contribution is -0.145. The highest BCUT2D eigenvalue weighted by Crippen LogP contribution is 2.46. The molecule has 0 amide bonds. The number of esters is 1. The maximum atomic E-state index is 12.9. The van der Waals surface area contributed by atoms with Crippen LogP contribution >= 0.6 is 11.6 Å². The number of alkyl halides is 1. The lowest BCUT2D eigenvalue weighted by atomic mass is 9.71. The van der Waals surface area contributed by atoms with Crippen LogP contribution in [0.3, 0.4) is 0 Å². The maximum Gasteiger partial charge on any atom is 0.321 e. The highest BCUT2D eigenvalue weighted by molar-refractivity contribution is 6.24. The average Bonchev–Trinajstić information content (AvgIpc) is 2.88. The molecule has 2 aromatic rings. The van der Waals surface area contributed by atoms with Gasteiger partial charge in [-0.3, -0.25) is 4.79 Å². The van der Waals surface area contributed by atoms with Crippen molar-refractivity contribution in [2.75, 3.05) is 0 Å².